The fourth-order valence-electron chi connectivity index (χ4n) is 4.55. The van der Waals surface area contributed by atoms with Gasteiger partial charge in [0.25, 0.3) is 5.91 Å². The van der Waals surface area contributed by atoms with Crippen LogP contribution in [0.15, 0.2) is 42.5 Å². The summed E-state index contributed by atoms with van der Waals surface area (Å²) in [5.74, 6) is -0.239. The molecule has 2 aromatic rings. The molecule has 0 aromatic heterocycles. The van der Waals surface area contributed by atoms with Gasteiger partial charge in [-0.05, 0) is 62.4 Å². The summed E-state index contributed by atoms with van der Waals surface area (Å²) in [6, 6.07) is 12.5. The third-order valence-electron chi connectivity index (χ3n) is 6.29. The lowest BCUT2D eigenvalue weighted by molar-refractivity contribution is -0.131. The standard InChI is InChI=1S/C26H29Cl2N3O2/c1-18(30-25(33)26(13-3-4-14-26)15-6-16-29-2)17-19-9-11-20(12-10-19)31-24(32)23-21(27)7-5-8-22(23)28/h5,7-12,18H,3-4,6,13-17H2,1H3,(H,30,33)(H,31,32). The molecule has 7 heteroatoms. The first-order valence-electron chi connectivity index (χ1n) is 11.3. The summed E-state index contributed by atoms with van der Waals surface area (Å²) in [6.45, 7) is 9.48. The second-order valence-corrected chi connectivity index (χ2v) is 9.61. The van der Waals surface area contributed by atoms with E-state index in [2.05, 4.69) is 15.5 Å². The molecular formula is C26H29Cl2N3O2. The zero-order valence-electron chi connectivity index (χ0n) is 18.8. The van der Waals surface area contributed by atoms with Crippen molar-refractivity contribution in [3.63, 3.8) is 0 Å². The minimum atomic E-state index is -0.362. The summed E-state index contributed by atoms with van der Waals surface area (Å²) in [5.41, 5.74) is 1.64. The van der Waals surface area contributed by atoms with E-state index in [4.69, 9.17) is 29.8 Å². The largest absolute Gasteiger partial charge is 0.353 e. The fraction of sp³-hybridized carbons (Fsp3) is 0.423. The number of rotatable bonds is 9. The van der Waals surface area contributed by atoms with Crippen LogP contribution in [-0.2, 0) is 11.2 Å². The van der Waals surface area contributed by atoms with Crippen molar-refractivity contribution in [2.45, 2.75) is 57.9 Å². The first kappa shape index (κ1) is 25.1. The molecule has 0 bridgehead atoms. The van der Waals surface area contributed by atoms with Crippen molar-refractivity contribution >= 4 is 40.7 Å². The number of hydrogen-bond acceptors (Lipinski definition) is 2. The highest BCUT2D eigenvalue weighted by atomic mass is 35.5. The molecule has 174 valence electrons. The monoisotopic (exact) mass is 485 g/mol. The van der Waals surface area contributed by atoms with Crippen LogP contribution in [0.4, 0.5) is 5.69 Å². The molecule has 1 aliphatic rings. The summed E-state index contributed by atoms with van der Waals surface area (Å²) < 4.78 is 0. The molecule has 3 rings (SSSR count). The van der Waals surface area contributed by atoms with Crippen LogP contribution in [-0.4, -0.2) is 24.4 Å². The van der Waals surface area contributed by atoms with Gasteiger partial charge < -0.3 is 15.5 Å². The lowest BCUT2D eigenvalue weighted by Gasteiger charge is -2.29. The van der Waals surface area contributed by atoms with Crippen molar-refractivity contribution in [2.24, 2.45) is 5.41 Å². The zero-order valence-corrected chi connectivity index (χ0v) is 20.3. The Morgan fingerprint density at radius 3 is 2.33 bits per heavy atom. The molecular weight excluding hydrogens is 457 g/mol. The third-order valence-corrected chi connectivity index (χ3v) is 6.92. The van der Waals surface area contributed by atoms with Crippen molar-refractivity contribution in [3.8, 4) is 0 Å². The average Bonchev–Trinajstić information content (AvgIpc) is 3.25. The molecule has 33 heavy (non-hydrogen) atoms. The lowest BCUT2D eigenvalue weighted by atomic mass is 9.80. The van der Waals surface area contributed by atoms with Gasteiger partial charge in [-0.15, -0.1) is 0 Å². The van der Waals surface area contributed by atoms with Crippen molar-refractivity contribution in [2.75, 3.05) is 11.9 Å². The summed E-state index contributed by atoms with van der Waals surface area (Å²) in [6.07, 6.45) is 6.23. The number of amides is 2. The fourth-order valence-corrected chi connectivity index (χ4v) is 5.12. The van der Waals surface area contributed by atoms with E-state index < -0.39 is 0 Å². The number of carbonyl (C=O) groups is 2. The molecule has 1 atom stereocenters. The zero-order chi connectivity index (χ0) is 23.8. The molecule has 0 aliphatic heterocycles. The topological polar surface area (TPSA) is 62.6 Å². The van der Waals surface area contributed by atoms with Gasteiger partial charge in [0, 0.05) is 23.6 Å². The van der Waals surface area contributed by atoms with E-state index in [1.165, 1.54) is 0 Å². The van der Waals surface area contributed by atoms with E-state index in [0.717, 1.165) is 44.1 Å². The highest BCUT2D eigenvalue weighted by Crippen LogP contribution is 2.42. The maximum atomic E-state index is 13.1. The van der Waals surface area contributed by atoms with Gasteiger partial charge >= 0.3 is 0 Å². The van der Waals surface area contributed by atoms with Crippen molar-refractivity contribution in [1.82, 2.24) is 5.32 Å². The number of nitrogens with one attached hydrogen (secondary N) is 2. The van der Waals surface area contributed by atoms with Gasteiger partial charge in [-0.3, -0.25) is 9.59 Å². The van der Waals surface area contributed by atoms with Crippen LogP contribution < -0.4 is 10.6 Å². The van der Waals surface area contributed by atoms with Gasteiger partial charge in [0.15, 0.2) is 0 Å². The molecule has 0 saturated heterocycles. The average molecular weight is 486 g/mol. The summed E-state index contributed by atoms with van der Waals surface area (Å²) in [4.78, 5) is 29.0. The van der Waals surface area contributed by atoms with E-state index in [0.29, 0.717) is 28.7 Å². The molecule has 5 nitrogen and oxygen atoms in total. The SMILES string of the molecule is [C-]#[N+]CCCC1(C(=O)NC(C)Cc2ccc(NC(=O)c3c(Cl)cccc3Cl)cc2)CCCC1. The number of nitrogens with zero attached hydrogens (tertiary/aromatic N) is 1. The lowest BCUT2D eigenvalue weighted by Crippen LogP contribution is -2.44. The van der Waals surface area contributed by atoms with Gasteiger partial charge in [0.1, 0.15) is 0 Å². The third kappa shape index (κ3) is 6.50. The number of anilines is 1. The Morgan fingerprint density at radius 2 is 1.73 bits per heavy atom. The molecule has 1 saturated carbocycles. The number of benzene rings is 2. The quantitative estimate of drug-likeness (QED) is 0.312. The summed E-state index contributed by atoms with van der Waals surface area (Å²) in [5, 5.41) is 6.63. The Hall–Kier alpha value is -2.55. The van der Waals surface area contributed by atoms with E-state index in [1.807, 2.05) is 31.2 Å². The Balaban J connectivity index is 1.56. The molecule has 2 amide bonds. The molecule has 0 heterocycles. The Bertz CT molecular complexity index is 1000. The van der Waals surface area contributed by atoms with Gasteiger partial charge in [-0.25, -0.2) is 6.57 Å². The first-order valence-corrected chi connectivity index (χ1v) is 12.1. The predicted octanol–water partition coefficient (Wildman–Crippen LogP) is 6.55. The maximum Gasteiger partial charge on any atom is 0.258 e. The molecule has 2 N–H and O–H groups in total. The predicted molar refractivity (Wildman–Crippen MR) is 134 cm³/mol. The first-order chi connectivity index (χ1) is 15.8. The van der Waals surface area contributed by atoms with E-state index in [-0.39, 0.29) is 28.8 Å². The van der Waals surface area contributed by atoms with E-state index >= 15 is 0 Å². The van der Waals surface area contributed by atoms with Crippen molar-refractivity contribution in [1.29, 1.82) is 0 Å². The minimum Gasteiger partial charge on any atom is -0.353 e. The van der Waals surface area contributed by atoms with E-state index in [9.17, 15) is 9.59 Å². The van der Waals surface area contributed by atoms with Crippen molar-refractivity contribution in [3.05, 3.63) is 75.1 Å². The van der Waals surface area contributed by atoms with Gasteiger partial charge in [-0.1, -0.05) is 54.2 Å². The number of halogens is 2. The van der Waals surface area contributed by atoms with Crippen LogP contribution in [0.2, 0.25) is 10.0 Å². The van der Waals surface area contributed by atoms with Gasteiger partial charge in [0.2, 0.25) is 12.5 Å². The van der Waals surface area contributed by atoms with Crippen LogP contribution in [0.1, 0.15) is 61.4 Å². The Labute approximate surface area is 205 Å². The van der Waals surface area contributed by atoms with Crippen LogP contribution >= 0.6 is 23.2 Å². The van der Waals surface area contributed by atoms with Crippen molar-refractivity contribution < 1.29 is 9.59 Å². The smallest absolute Gasteiger partial charge is 0.258 e. The van der Waals surface area contributed by atoms with E-state index in [1.54, 1.807) is 18.2 Å². The highest BCUT2D eigenvalue weighted by Gasteiger charge is 2.41. The second-order valence-electron chi connectivity index (χ2n) is 8.80. The van der Waals surface area contributed by atoms with Crippen LogP contribution in [0.25, 0.3) is 4.85 Å². The molecule has 2 aromatic carbocycles. The maximum absolute atomic E-state index is 13.1. The van der Waals surface area contributed by atoms with Crippen LogP contribution in [0, 0.1) is 12.0 Å². The van der Waals surface area contributed by atoms with Gasteiger partial charge in [0.05, 0.1) is 15.6 Å². The number of carbonyl (C=O) groups excluding carboxylic acids is 2. The number of hydrogen-bond donors (Lipinski definition) is 2. The van der Waals surface area contributed by atoms with Gasteiger partial charge in [-0.2, -0.15) is 0 Å². The summed E-state index contributed by atoms with van der Waals surface area (Å²) in [7, 11) is 0. The van der Waals surface area contributed by atoms with Crippen LogP contribution in [0.3, 0.4) is 0 Å². The summed E-state index contributed by atoms with van der Waals surface area (Å²) >= 11 is 12.2. The highest BCUT2D eigenvalue weighted by molar-refractivity contribution is 6.40. The molecule has 0 spiro atoms. The van der Waals surface area contributed by atoms with Crippen LogP contribution in [0.5, 0.6) is 0 Å². The Kier molecular flexibility index (Phi) is 8.77. The molecule has 0 radical (unpaired) electrons. The normalized spacial score (nSPS) is 15.5. The minimum absolute atomic E-state index is 0.0155. The molecule has 1 aliphatic carbocycles. The molecule has 1 unspecified atom stereocenters. The molecule has 1 fully saturated rings. The second kappa shape index (κ2) is 11.5. The Morgan fingerprint density at radius 1 is 1.09 bits per heavy atom.